The molecule has 0 saturated heterocycles. The Morgan fingerprint density at radius 2 is 1.05 bits per heavy atom. The van der Waals surface area contributed by atoms with Crippen LogP contribution in [0.15, 0.2) is 97.1 Å². The highest BCUT2D eigenvalue weighted by molar-refractivity contribution is 7.31. The summed E-state index contributed by atoms with van der Waals surface area (Å²) in [6.45, 7) is 4.24. The molecule has 4 aromatic rings. The van der Waals surface area contributed by atoms with E-state index in [1.165, 1.54) is 0 Å². The molecule has 0 aliphatic carbocycles. The van der Waals surface area contributed by atoms with E-state index in [1.54, 1.807) is 14.2 Å². The lowest BCUT2D eigenvalue weighted by molar-refractivity contribution is 0.160. The number of hydrogen-bond donors (Lipinski definition) is 0. The van der Waals surface area contributed by atoms with E-state index < -0.39 is 0 Å². The summed E-state index contributed by atoms with van der Waals surface area (Å²) in [5.74, 6) is 3.31. The van der Waals surface area contributed by atoms with Gasteiger partial charge in [0.2, 0.25) is 0 Å². The number of ether oxygens (including phenoxy) is 4. The normalized spacial score (nSPS) is 12.7. The molecule has 0 aliphatic heterocycles. The van der Waals surface area contributed by atoms with Gasteiger partial charge in [0.15, 0.2) is 23.0 Å². The first-order chi connectivity index (χ1) is 21.1. The Balaban J connectivity index is 1.47. The Morgan fingerprint density at radius 3 is 1.47 bits per heavy atom. The van der Waals surface area contributed by atoms with Crippen LogP contribution in [-0.2, 0) is 35.1 Å². The Labute approximate surface area is 260 Å². The topological polar surface area (TPSA) is 55.4 Å². The molecule has 0 aliphatic rings. The van der Waals surface area contributed by atoms with Gasteiger partial charge in [0.05, 0.1) is 27.4 Å². The van der Waals surface area contributed by atoms with Gasteiger partial charge in [-0.25, -0.2) is 0 Å². The number of methoxy groups -OCH3 is 2. The van der Waals surface area contributed by atoms with Crippen molar-refractivity contribution in [2.45, 2.75) is 26.1 Å². The van der Waals surface area contributed by atoms with Gasteiger partial charge in [0.25, 0.3) is 0 Å². The van der Waals surface area contributed by atoms with Crippen LogP contribution in [0.4, 0.5) is 0 Å². The smallest absolute Gasteiger partial charge is 0.161 e. The second kappa shape index (κ2) is 17.9. The van der Waals surface area contributed by atoms with Crippen molar-refractivity contribution in [1.82, 2.24) is 0 Å². The minimum atomic E-state index is 0.203. The fraction of sp³-hybridized carbons (Fsp3) is 0.314. The molecule has 0 aromatic heterocycles. The lowest BCUT2D eigenvalue weighted by Gasteiger charge is -2.27. The monoisotopic (exact) mass is 620 g/mol. The summed E-state index contributed by atoms with van der Waals surface area (Å²) in [6.07, 6.45) is 1.62. The fourth-order valence-electron chi connectivity index (χ4n) is 5.03. The van der Waals surface area contributed by atoms with Crippen LogP contribution in [-0.4, -0.2) is 34.1 Å². The summed E-state index contributed by atoms with van der Waals surface area (Å²) >= 11 is 0. The van der Waals surface area contributed by atoms with Crippen LogP contribution >= 0.6 is 18.3 Å². The van der Waals surface area contributed by atoms with Gasteiger partial charge in [-0.2, -0.15) is 0 Å². The van der Waals surface area contributed by atoms with Gasteiger partial charge in [-0.3, -0.25) is 0 Å². The van der Waals surface area contributed by atoms with Crippen molar-refractivity contribution in [3.05, 3.63) is 119 Å². The minimum absolute atomic E-state index is 0.203. The van der Waals surface area contributed by atoms with Crippen LogP contribution in [0.5, 0.6) is 23.0 Å². The van der Waals surface area contributed by atoms with E-state index in [2.05, 4.69) is 52.5 Å². The second-order valence-corrected chi connectivity index (χ2v) is 11.3. The molecule has 8 heteroatoms. The van der Waals surface area contributed by atoms with E-state index in [4.69, 9.17) is 28.0 Å². The third-order valence-electron chi connectivity index (χ3n) is 7.34. The highest BCUT2D eigenvalue weighted by Gasteiger charge is 2.24. The SMILES string of the molecule is COc1cc(C[C@H](COP)[C@@H](COPC)Cc2ccc(OCc3ccccc3)c(OC)c2)ccc1OCc1ccccc1. The predicted molar refractivity (Wildman–Crippen MR) is 178 cm³/mol. The predicted octanol–water partition coefficient (Wildman–Crippen LogP) is 7.93. The zero-order chi connectivity index (χ0) is 30.3. The van der Waals surface area contributed by atoms with Gasteiger partial charge in [-0.05, 0) is 77.9 Å². The summed E-state index contributed by atoms with van der Waals surface area (Å²) in [7, 11) is 6.18. The molecule has 0 bridgehead atoms. The molecule has 6 nitrogen and oxygen atoms in total. The van der Waals surface area contributed by atoms with E-state index in [1.807, 2.05) is 60.7 Å². The quantitative estimate of drug-likeness (QED) is 0.105. The largest absolute Gasteiger partial charge is 0.493 e. The van der Waals surface area contributed by atoms with Crippen molar-refractivity contribution in [3.8, 4) is 23.0 Å². The third-order valence-corrected chi connectivity index (χ3v) is 7.99. The second-order valence-electron chi connectivity index (χ2n) is 10.3. The van der Waals surface area contributed by atoms with Crippen molar-refractivity contribution < 1.29 is 28.0 Å². The maximum absolute atomic E-state index is 6.08. The minimum Gasteiger partial charge on any atom is -0.493 e. The molecule has 0 heterocycles. The third kappa shape index (κ3) is 10.2. The molecule has 0 radical (unpaired) electrons. The molecule has 0 saturated carbocycles. The zero-order valence-electron chi connectivity index (χ0n) is 25.2. The highest BCUT2D eigenvalue weighted by atomic mass is 31.1. The fourth-order valence-corrected chi connectivity index (χ4v) is 5.66. The van der Waals surface area contributed by atoms with Gasteiger partial charge < -0.3 is 28.0 Å². The summed E-state index contributed by atoms with van der Waals surface area (Å²) in [4.78, 5) is 0. The van der Waals surface area contributed by atoms with Crippen LogP contribution < -0.4 is 18.9 Å². The Morgan fingerprint density at radius 1 is 0.581 bits per heavy atom. The number of rotatable bonds is 18. The summed E-state index contributed by atoms with van der Waals surface area (Å²) in [5, 5.41) is 0. The molecule has 4 aromatic carbocycles. The van der Waals surface area contributed by atoms with Crippen molar-refractivity contribution in [3.63, 3.8) is 0 Å². The Hall–Kier alpha value is -3.14. The van der Waals surface area contributed by atoms with Gasteiger partial charge >= 0.3 is 0 Å². The molecule has 2 unspecified atom stereocenters. The maximum atomic E-state index is 6.08. The van der Waals surface area contributed by atoms with E-state index >= 15 is 0 Å². The average molecular weight is 621 g/mol. The summed E-state index contributed by atoms with van der Waals surface area (Å²) in [6, 6.07) is 32.6. The molecule has 0 amide bonds. The van der Waals surface area contributed by atoms with E-state index in [9.17, 15) is 0 Å². The van der Waals surface area contributed by atoms with E-state index in [0.29, 0.717) is 35.2 Å². The van der Waals surface area contributed by atoms with Crippen LogP contribution in [0, 0.1) is 11.8 Å². The summed E-state index contributed by atoms with van der Waals surface area (Å²) < 4.78 is 35.2. The molecule has 4 rings (SSSR count). The lowest BCUT2D eigenvalue weighted by Crippen LogP contribution is -2.27. The van der Waals surface area contributed by atoms with Gasteiger partial charge in [-0.15, -0.1) is 0 Å². The first-order valence-corrected chi connectivity index (χ1v) is 16.3. The maximum Gasteiger partial charge on any atom is 0.161 e. The van der Waals surface area contributed by atoms with Crippen LogP contribution in [0.1, 0.15) is 22.3 Å². The van der Waals surface area contributed by atoms with Crippen molar-refractivity contribution in [2.24, 2.45) is 11.8 Å². The van der Waals surface area contributed by atoms with Crippen LogP contribution in [0.3, 0.4) is 0 Å². The van der Waals surface area contributed by atoms with Gasteiger partial charge in [0.1, 0.15) is 13.2 Å². The summed E-state index contributed by atoms with van der Waals surface area (Å²) in [5.41, 5.74) is 4.53. The number of benzene rings is 4. The lowest BCUT2D eigenvalue weighted by atomic mass is 9.83. The molecule has 228 valence electrons. The first-order valence-electron chi connectivity index (χ1n) is 14.4. The zero-order valence-corrected chi connectivity index (χ0v) is 27.3. The number of hydrogen-bond acceptors (Lipinski definition) is 6. The molecular weight excluding hydrogens is 578 g/mol. The first kappa shape index (κ1) is 32.8. The van der Waals surface area contributed by atoms with Crippen LogP contribution in [0.25, 0.3) is 0 Å². The van der Waals surface area contributed by atoms with Crippen molar-refractivity contribution >= 4 is 18.3 Å². The molecular formula is C35H42O6P2. The molecule has 43 heavy (non-hydrogen) atoms. The van der Waals surface area contributed by atoms with E-state index in [0.717, 1.165) is 58.1 Å². The Bertz CT molecular complexity index is 1370. The van der Waals surface area contributed by atoms with Crippen molar-refractivity contribution in [1.29, 1.82) is 0 Å². The molecule has 4 atom stereocenters. The van der Waals surface area contributed by atoms with Gasteiger partial charge in [0, 0.05) is 18.3 Å². The van der Waals surface area contributed by atoms with Gasteiger partial charge in [-0.1, -0.05) is 72.8 Å². The molecule has 0 spiro atoms. The molecule has 0 fully saturated rings. The Kier molecular flexibility index (Phi) is 13.6. The molecule has 0 N–H and O–H groups in total. The standard InChI is InChI=1S/C35H42O6P2/c1-36-34-20-28(14-16-32(34)38-22-26-10-6-4-7-11-26)18-30(24-40-42)31(25-41-43-3)19-29-15-17-33(35(21-29)37-2)39-23-27-12-8-5-9-13-27/h4-17,20-21,30-31,43H,18-19,22-25,42H2,1-3H3/t30-,31-/m1/s1. The average Bonchev–Trinajstić information content (AvgIpc) is 3.06. The van der Waals surface area contributed by atoms with Crippen molar-refractivity contribution in [2.75, 3.05) is 34.1 Å². The van der Waals surface area contributed by atoms with E-state index in [-0.39, 0.29) is 11.8 Å². The highest BCUT2D eigenvalue weighted by Crippen LogP contribution is 2.34. The van der Waals surface area contributed by atoms with Crippen LogP contribution in [0.2, 0.25) is 0 Å².